The molecule has 0 atom stereocenters. The van der Waals surface area contributed by atoms with Crippen molar-refractivity contribution in [1.29, 1.82) is 0 Å². The van der Waals surface area contributed by atoms with Gasteiger partial charge in [-0.15, -0.1) is 0 Å². The lowest BCUT2D eigenvalue weighted by Gasteiger charge is -2.16. The number of amides is 2. The molecule has 0 fully saturated rings. The topological polar surface area (TPSA) is 45.2 Å². The molecule has 0 saturated carbocycles. The minimum absolute atomic E-state index is 0.197. The number of hydrogen-bond donors (Lipinski definition) is 1. The van der Waals surface area contributed by atoms with E-state index in [1.165, 1.54) is 11.3 Å². The van der Waals surface area contributed by atoms with Crippen molar-refractivity contribution in [3.05, 3.63) is 58.4 Å². The maximum atomic E-state index is 12.5. The minimum atomic E-state index is -0.197. The van der Waals surface area contributed by atoms with Crippen molar-refractivity contribution in [2.75, 3.05) is 5.32 Å². The molecule has 0 saturated heterocycles. The molecule has 2 aromatic rings. The van der Waals surface area contributed by atoms with E-state index in [0.717, 1.165) is 41.8 Å². The van der Waals surface area contributed by atoms with E-state index in [2.05, 4.69) is 11.4 Å². The third-order valence-electron chi connectivity index (χ3n) is 4.46. The average Bonchev–Trinajstić information content (AvgIpc) is 3.12. The number of fused-ring (bicyclic) bond motifs is 2. The van der Waals surface area contributed by atoms with Gasteiger partial charge in [0.25, 0.3) is 0 Å². The molecule has 1 aliphatic carbocycles. The Kier molecular flexibility index (Phi) is 3.38. The van der Waals surface area contributed by atoms with Gasteiger partial charge >= 0.3 is 6.03 Å². The normalized spacial score (nSPS) is 15.5. The summed E-state index contributed by atoms with van der Waals surface area (Å²) in [6, 6.07) is 9.67. The first-order chi connectivity index (χ1) is 11.1. The standard InChI is InChI=1S/C18H17N3OS/c1-11-5-7-13(8-6-11)19-18(22)21-10-16-14(17(21)23)9-12-3-2-4-15(12)20-16/h5-9H,2-4,10H2,1H3,(H,19,22). The summed E-state index contributed by atoms with van der Waals surface area (Å²) in [5.74, 6) is 0. The molecule has 1 N–H and O–H groups in total. The van der Waals surface area contributed by atoms with Crippen molar-refractivity contribution in [3.8, 4) is 0 Å². The summed E-state index contributed by atoms with van der Waals surface area (Å²) < 4.78 is 0. The number of carbonyl (C=O) groups excluding carboxylic acids is 1. The van der Waals surface area contributed by atoms with Gasteiger partial charge < -0.3 is 5.32 Å². The Balaban J connectivity index is 1.55. The van der Waals surface area contributed by atoms with Crippen LogP contribution in [0.4, 0.5) is 10.5 Å². The van der Waals surface area contributed by atoms with Crippen molar-refractivity contribution >= 4 is 28.9 Å². The van der Waals surface area contributed by atoms with Crippen molar-refractivity contribution in [3.63, 3.8) is 0 Å². The smallest absolute Gasteiger partial charge is 0.308 e. The zero-order valence-corrected chi connectivity index (χ0v) is 13.7. The van der Waals surface area contributed by atoms with E-state index in [9.17, 15) is 4.79 Å². The first-order valence-electron chi connectivity index (χ1n) is 7.83. The first-order valence-corrected chi connectivity index (χ1v) is 8.24. The molecule has 0 unspecified atom stereocenters. The van der Waals surface area contributed by atoms with Crippen LogP contribution in [-0.2, 0) is 19.4 Å². The van der Waals surface area contributed by atoms with E-state index >= 15 is 0 Å². The van der Waals surface area contributed by atoms with Crippen molar-refractivity contribution in [2.45, 2.75) is 32.7 Å². The second-order valence-electron chi connectivity index (χ2n) is 6.13. The maximum Gasteiger partial charge on any atom is 0.327 e. The molecule has 2 heterocycles. The highest BCUT2D eigenvalue weighted by Crippen LogP contribution is 2.29. The van der Waals surface area contributed by atoms with Gasteiger partial charge in [-0.1, -0.05) is 29.9 Å². The molecule has 2 amide bonds. The lowest BCUT2D eigenvalue weighted by Crippen LogP contribution is -2.34. The second kappa shape index (κ2) is 5.42. The number of carbonyl (C=O) groups is 1. The number of nitrogens with one attached hydrogen (secondary N) is 1. The lowest BCUT2D eigenvalue weighted by molar-refractivity contribution is 0.234. The number of aromatic nitrogens is 1. The molecule has 0 spiro atoms. The fourth-order valence-electron chi connectivity index (χ4n) is 3.18. The van der Waals surface area contributed by atoms with Gasteiger partial charge in [0.15, 0.2) is 0 Å². The summed E-state index contributed by atoms with van der Waals surface area (Å²) in [4.78, 5) is 19.4. The van der Waals surface area contributed by atoms with Gasteiger partial charge in [-0.25, -0.2) is 4.79 Å². The number of benzene rings is 1. The third-order valence-corrected chi connectivity index (χ3v) is 4.90. The van der Waals surface area contributed by atoms with E-state index in [0.29, 0.717) is 11.5 Å². The molecule has 4 nitrogen and oxygen atoms in total. The Bertz CT molecular complexity index is 814. The largest absolute Gasteiger partial charge is 0.327 e. The molecule has 0 radical (unpaired) electrons. The lowest BCUT2D eigenvalue weighted by atomic mass is 10.1. The maximum absolute atomic E-state index is 12.5. The van der Waals surface area contributed by atoms with Crippen molar-refractivity contribution in [2.24, 2.45) is 0 Å². The summed E-state index contributed by atoms with van der Waals surface area (Å²) in [5.41, 5.74) is 6.26. The molecule has 1 aliphatic heterocycles. The van der Waals surface area contributed by atoms with Crippen LogP contribution in [-0.4, -0.2) is 20.9 Å². The molecule has 1 aromatic heterocycles. The Morgan fingerprint density at radius 1 is 1.22 bits per heavy atom. The van der Waals surface area contributed by atoms with Crippen LogP contribution < -0.4 is 5.32 Å². The number of nitrogens with zero attached hydrogens (tertiary/aromatic N) is 2. The SMILES string of the molecule is Cc1ccc(NC(=O)N2Cc3nc4c(cc3C2=S)CCC4)cc1. The van der Waals surface area contributed by atoms with E-state index in [1.54, 1.807) is 4.90 Å². The number of aryl methyl sites for hydroxylation is 3. The van der Waals surface area contributed by atoms with Gasteiger partial charge in [0.1, 0.15) is 4.99 Å². The number of anilines is 1. The predicted molar refractivity (Wildman–Crippen MR) is 93.7 cm³/mol. The molecule has 1 aromatic carbocycles. The number of thiocarbonyl (C=S) groups is 1. The molecule has 5 heteroatoms. The summed E-state index contributed by atoms with van der Waals surface area (Å²) in [6.45, 7) is 2.47. The van der Waals surface area contributed by atoms with E-state index < -0.39 is 0 Å². The summed E-state index contributed by atoms with van der Waals surface area (Å²) in [5, 5.41) is 2.91. The summed E-state index contributed by atoms with van der Waals surface area (Å²) >= 11 is 5.50. The number of hydrogen-bond acceptors (Lipinski definition) is 3. The van der Waals surface area contributed by atoms with Crippen LogP contribution >= 0.6 is 12.2 Å². The van der Waals surface area contributed by atoms with Gasteiger partial charge in [0.2, 0.25) is 0 Å². The van der Waals surface area contributed by atoms with Crippen LogP contribution in [0.5, 0.6) is 0 Å². The summed E-state index contributed by atoms with van der Waals surface area (Å²) in [6.07, 6.45) is 3.26. The van der Waals surface area contributed by atoms with Gasteiger partial charge in [-0.3, -0.25) is 9.88 Å². The Labute approximate surface area is 140 Å². The van der Waals surface area contributed by atoms with Gasteiger partial charge in [-0.2, -0.15) is 0 Å². The molecule has 4 rings (SSSR count). The van der Waals surface area contributed by atoms with E-state index in [-0.39, 0.29) is 6.03 Å². The third kappa shape index (κ3) is 2.51. The van der Waals surface area contributed by atoms with Gasteiger partial charge in [-0.05, 0) is 49.9 Å². The zero-order valence-electron chi connectivity index (χ0n) is 12.9. The van der Waals surface area contributed by atoms with E-state index in [4.69, 9.17) is 17.2 Å². The van der Waals surface area contributed by atoms with Crippen LogP contribution in [0.1, 0.15) is 34.5 Å². The quantitative estimate of drug-likeness (QED) is 0.816. The van der Waals surface area contributed by atoms with Crippen LogP contribution in [0.25, 0.3) is 0 Å². The zero-order chi connectivity index (χ0) is 16.0. The summed E-state index contributed by atoms with van der Waals surface area (Å²) in [7, 11) is 0. The highest BCUT2D eigenvalue weighted by atomic mass is 32.1. The number of urea groups is 1. The second-order valence-corrected chi connectivity index (χ2v) is 6.52. The Hall–Kier alpha value is -2.27. The van der Waals surface area contributed by atoms with Crippen molar-refractivity contribution < 1.29 is 4.79 Å². The molecular weight excluding hydrogens is 306 g/mol. The van der Waals surface area contributed by atoms with Crippen LogP contribution in [0.3, 0.4) is 0 Å². The molecular formula is C18H17N3OS. The molecule has 116 valence electrons. The molecule has 2 aliphatic rings. The predicted octanol–water partition coefficient (Wildman–Crippen LogP) is 3.60. The number of rotatable bonds is 1. The van der Waals surface area contributed by atoms with E-state index in [1.807, 2.05) is 31.2 Å². The Morgan fingerprint density at radius 3 is 2.78 bits per heavy atom. The highest BCUT2D eigenvalue weighted by molar-refractivity contribution is 7.80. The molecule has 0 bridgehead atoms. The van der Waals surface area contributed by atoms with Crippen LogP contribution in [0.15, 0.2) is 30.3 Å². The minimum Gasteiger partial charge on any atom is -0.308 e. The van der Waals surface area contributed by atoms with Gasteiger partial charge in [0.05, 0.1) is 12.2 Å². The van der Waals surface area contributed by atoms with Gasteiger partial charge in [0, 0.05) is 16.9 Å². The fraction of sp³-hybridized carbons (Fsp3) is 0.278. The Morgan fingerprint density at radius 2 is 2.00 bits per heavy atom. The van der Waals surface area contributed by atoms with Crippen molar-refractivity contribution in [1.82, 2.24) is 9.88 Å². The highest BCUT2D eigenvalue weighted by Gasteiger charge is 2.31. The van der Waals surface area contributed by atoms with Crippen LogP contribution in [0.2, 0.25) is 0 Å². The fourth-order valence-corrected chi connectivity index (χ4v) is 3.50. The number of pyridine rings is 1. The first kappa shape index (κ1) is 14.3. The monoisotopic (exact) mass is 323 g/mol. The van der Waals surface area contributed by atoms with Crippen LogP contribution in [0, 0.1) is 6.92 Å². The average molecular weight is 323 g/mol. The molecule has 23 heavy (non-hydrogen) atoms.